The Morgan fingerprint density at radius 1 is 1.62 bits per heavy atom. The normalized spacial score (nSPS) is 13.0. The van der Waals surface area contributed by atoms with E-state index in [1.54, 1.807) is 11.4 Å². The Balaban J connectivity index is 2.35. The van der Waals surface area contributed by atoms with Gasteiger partial charge in [-0.15, -0.1) is 11.3 Å². The molecular formula is C11H18N2O2S. The van der Waals surface area contributed by atoms with E-state index in [4.69, 9.17) is 5.11 Å². The summed E-state index contributed by atoms with van der Waals surface area (Å²) in [6.07, 6.45) is 0. The first-order chi connectivity index (χ1) is 7.50. The Morgan fingerprint density at radius 3 is 2.81 bits per heavy atom. The van der Waals surface area contributed by atoms with Crippen LogP contribution in [0.3, 0.4) is 0 Å². The summed E-state index contributed by atoms with van der Waals surface area (Å²) >= 11 is 1.48. The lowest BCUT2D eigenvalue weighted by Gasteiger charge is -2.19. The molecule has 16 heavy (non-hydrogen) atoms. The molecule has 90 valence electrons. The second-order valence-corrected chi connectivity index (χ2v) is 5.05. The van der Waals surface area contributed by atoms with Gasteiger partial charge in [-0.05, 0) is 27.1 Å². The van der Waals surface area contributed by atoms with Crippen molar-refractivity contribution in [3.8, 4) is 0 Å². The number of carbonyl (C=O) groups is 1. The van der Waals surface area contributed by atoms with E-state index in [0.29, 0.717) is 11.6 Å². The molecule has 0 saturated heterocycles. The maximum Gasteiger partial charge on any atom is 0.336 e. The lowest BCUT2D eigenvalue weighted by molar-refractivity contribution is 0.0697. The molecular weight excluding hydrogens is 224 g/mol. The van der Waals surface area contributed by atoms with Gasteiger partial charge in [0.05, 0.1) is 5.56 Å². The molecule has 1 aromatic rings. The minimum Gasteiger partial charge on any atom is -0.478 e. The quantitative estimate of drug-likeness (QED) is 0.793. The molecule has 0 aliphatic rings. The predicted molar refractivity (Wildman–Crippen MR) is 66.1 cm³/mol. The third kappa shape index (κ3) is 3.92. The van der Waals surface area contributed by atoms with Crippen molar-refractivity contribution >= 4 is 17.3 Å². The third-order valence-corrected chi connectivity index (χ3v) is 3.46. The highest BCUT2D eigenvalue weighted by molar-refractivity contribution is 7.10. The predicted octanol–water partition coefficient (Wildman–Crippen LogP) is 1.49. The lowest BCUT2D eigenvalue weighted by Crippen LogP contribution is -2.34. The van der Waals surface area contributed by atoms with Crippen LogP contribution in [0.25, 0.3) is 0 Å². The number of nitrogens with one attached hydrogen (secondary N) is 1. The molecule has 5 heteroatoms. The van der Waals surface area contributed by atoms with Gasteiger partial charge in [-0.3, -0.25) is 0 Å². The molecule has 0 aliphatic heterocycles. The maximum absolute atomic E-state index is 10.7. The van der Waals surface area contributed by atoms with Crippen molar-refractivity contribution in [1.82, 2.24) is 10.2 Å². The standard InChI is InChI=1S/C11H18N2O2S/c1-8(13(2)3)5-12-6-10-4-9(7-16-10)11(14)15/h4,7-8,12H,5-6H2,1-3H3,(H,14,15). The van der Waals surface area contributed by atoms with Gasteiger partial charge >= 0.3 is 5.97 Å². The van der Waals surface area contributed by atoms with Crippen LogP contribution < -0.4 is 5.32 Å². The van der Waals surface area contributed by atoms with Crippen molar-refractivity contribution in [3.63, 3.8) is 0 Å². The van der Waals surface area contributed by atoms with E-state index in [2.05, 4.69) is 17.1 Å². The molecule has 0 amide bonds. The molecule has 4 nitrogen and oxygen atoms in total. The fraction of sp³-hybridized carbons (Fsp3) is 0.545. The number of thiophene rings is 1. The van der Waals surface area contributed by atoms with Crippen LogP contribution in [0.2, 0.25) is 0 Å². The smallest absolute Gasteiger partial charge is 0.336 e. The van der Waals surface area contributed by atoms with Crippen LogP contribution in [0.1, 0.15) is 22.2 Å². The molecule has 0 spiro atoms. The maximum atomic E-state index is 10.7. The molecule has 2 N–H and O–H groups in total. The lowest BCUT2D eigenvalue weighted by atomic mass is 10.3. The summed E-state index contributed by atoms with van der Waals surface area (Å²) in [4.78, 5) is 13.9. The SMILES string of the molecule is CC(CNCc1cc(C(=O)O)cs1)N(C)C. The van der Waals surface area contributed by atoms with E-state index < -0.39 is 5.97 Å². The molecule has 0 saturated carbocycles. The number of likely N-dealkylation sites (N-methyl/N-ethyl adjacent to an activating group) is 1. The van der Waals surface area contributed by atoms with Crippen molar-refractivity contribution in [1.29, 1.82) is 0 Å². The summed E-state index contributed by atoms with van der Waals surface area (Å²) in [6.45, 7) is 3.77. The molecule has 0 fully saturated rings. The van der Waals surface area contributed by atoms with E-state index in [1.807, 2.05) is 14.1 Å². The Bertz CT molecular complexity index is 350. The molecule has 1 aromatic heterocycles. The average Bonchev–Trinajstić information content (AvgIpc) is 2.66. The highest BCUT2D eigenvalue weighted by atomic mass is 32.1. The number of carboxylic acid groups (broad SMARTS) is 1. The summed E-state index contributed by atoms with van der Waals surface area (Å²) in [6, 6.07) is 2.19. The summed E-state index contributed by atoms with van der Waals surface area (Å²) in [5.41, 5.74) is 0.377. The number of hydrogen-bond donors (Lipinski definition) is 2. The first-order valence-electron chi connectivity index (χ1n) is 5.18. The second-order valence-electron chi connectivity index (χ2n) is 4.05. The van der Waals surface area contributed by atoms with E-state index >= 15 is 0 Å². The summed E-state index contributed by atoms with van der Waals surface area (Å²) in [5.74, 6) is -0.857. The van der Waals surface area contributed by atoms with Crippen LogP contribution in [0, 0.1) is 0 Å². The zero-order valence-electron chi connectivity index (χ0n) is 9.86. The van der Waals surface area contributed by atoms with Gasteiger partial charge in [0.15, 0.2) is 0 Å². The van der Waals surface area contributed by atoms with E-state index in [-0.39, 0.29) is 0 Å². The van der Waals surface area contributed by atoms with Crippen molar-refractivity contribution in [2.24, 2.45) is 0 Å². The second kappa shape index (κ2) is 5.98. The van der Waals surface area contributed by atoms with Gasteiger partial charge in [0, 0.05) is 29.4 Å². The number of nitrogens with zero attached hydrogens (tertiary/aromatic N) is 1. The zero-order valence-corrected chi connectivity index (χ0v) is 10.7. The Kier molecular flexibility index (Phi) is 4.92. The zero-order chi connectivity index (χ0) is 12.1. The van der Waals surface area contributed by atoms with Gasteiger partial charge in [0.1, 0.15) is 0 Å². The largest absolute Gasteiger partial charge is 0.478 e. The number of aromatic carboxylic acids is 1. The molecule has 0 radical (unpaired) electrons. The van der Waals surface area contributed by atoms with E-state index in [1.165, 1.54) is 11.3 Å². The monoisotopic (exact) mass is 242 g/mol. The van der Waals surface area contributed by atoms with Gasteiger partial charge in [-0.2, -0.15) is 0 Å². The highest BCUT2D eigenvalue weighted by Gasteiger charge is 2.07. The third-order valence-electron chi connectivity index (χ3n) is 2.52. The van der Waals surface area contributed by atoms with Crippen molar-refractivity contribution in [2.75, 3.05) is 20.6 Å². The minimum atomic E-state index is -0.857. The van der Waals surface area contributed by atoms with Crippen LogP contribution in [-0.4, -0.2) is 42.7 Å². The molecule has 1 rings (SSSR count). The summed E-state index contributed by atoms with van der Waals surface area (Å²) < 4.78 is 0. The fourth-order valence-electron chi connectivity index (χ4n) is 1.17. The number of rotatable bonds is 6. The minimum absolute atomic E-state index is 0.377. The van der Waals surface area contributed by atoms with E-state index in [9.17, 15) is 4.79 Å². The summed E-state index contributed by atoms with van der Waals surface area (Å²) in [7, 11) is 4.08. The first kappa shape index (κ1) is 13.2. The molecule has 0 aromatic carbocycles. The summed E-state index contributed by atoms with van der Waals surface area (Å²) in [5, 5.41) is 13.8. The average molecular weight is 242 g/mol. The molecule has 0 bridgehead atoms. The topological polar surface area (TPSA) is 52.6 Å². The molecule has 0 aliphatic carbocycles. The number of carboxylic acids is 1. The fourth-order valence-corrected chi connectivity index (χ4v) is 2.00. The Hall–Kier alpha value is -0.910. The van der Waals surface area contributed by atoms with Gasteiger partial charge in [0.2, 0.25) is 0 Å². The van der Waals surface area contributed by atoms with Crippen molar-refractivity contribution in [2.45, 2.75) is 19.5 Å². The van der Waals surface area contributed by atoms with Gasteiger partial charge in [0.25, 0.3) is 0 Å². The van der Waals surface area contributed by atoms with Gasteiger partial charge in [-0.1, -0.05) is 0 Å². The van der Waals surface area contributed by atoms with Gasteiger partial charge < -0.3 is 15.3 Å². The van der Waals surface area contributed by atoms with Crippen LogP contribution in [0.15, 0.2) is 11.4 Å². The molecule has 1 atom stereocenters. The van der Waals surface area contributed by atoms with Crippen molar-refractivity contribution in [3.05, 3.63) is 21.9 Å². The van der Waals surface area contributed by atoms with Crippen molar-refractivity contribution < 1.29 is 9.90 Å². The Labute approximate surface area is 99.9 Å². The molecule has 1 unspecified atom stereocenters. The van der Waals surface area contributed by atoms with Gasteiger partial charge in [-0.25, -0.2) is 4.79 Å². The number of hydrogen-bond acceptors (Lipinski definition) is 4. The highest BCUT2D eigenvalue weighted by Crippen LogP contribution is 2.14. The van der Waals surface area contributed by atoms with Crippen LogP contribution >= 0.6 is 11.3 Å². The van der Waals surface area contributed by atoms with E-state index in [0.717, 1.165) is 18.0 Å². The van der Waals surface area contributed by atoms with Crippen LogP contribution in [-0.2, 0) is 6.54 Å². The molecule has 1 heterocycles. The van der Waals surface area contributed by atoms with Crippen LogP contribution in [0.5, 0.6) is 0 Å². The van der Waals surface area contributed by atoms with Crippen LogP contribution in [0.4, 0.5) is 0 Å². The Morgan fingerprint density at radius 2 is 2.31 bits per heavy atom. The first-order valence-corrected chi connectivity index (χ1v) is 6.06.